The number of carboxylic acids is 1. The second-order valence-electron chi connectivity index (χ2n) is 5.93. The third-order valence-corrected chi connectivity index (χ3v) is 3.94. The average molecular weight is 379 g/mol. The molecule has 28 heavy (non-hydrogen) atoms. The number of carbonyl (C=O) groups is 1. The van der Waals surface area contributed by atoms with E-state index in [0.29, 0.717) is 0 Å². The van der Waals surface area contributed by atoms with Gasteiger partial charge in [-0.3, -0.25) is 10.1 Å². The molecule has 7 heteroatoms. The number of carboxylic acid groups (broad SMARTS) is 1. The molecule has 0 aliphatic rings. The van der Waals surface area contributed by atoms with Crippen LogP contribution in [0.3, 0.4) is 0 Å². The zero-order chi connectivity index (χ0) is 19.9. The SMILES string of the molecule is O=C(O)c1cc(OCc2ccccc2)c(OCc2ccccc2)c([N+](=O)[O-])c1. The molecular weight excluding hydrogens is 362 g/mol. The second kappa shape index (κ2) is 8.68. The lowest BCUT2D eigenvalue weighted by molar-refractivity contribution is -0.386. The van der Waals surface area contributed by atoms with E-state index in [4.69, 9.17) is 9.47 Å². The summed E-state index contributed by atoms with van der Waals surface area (Å²) in [5.74, 6) is -1.39. The van der Waals surface area contributed by atoms with Crippen molar-refractivity contribution in [2.24, 2.45) is 0 Å². The van der Waals surface area contributed by atoms with Gasteiger partial charge in [-0.1, -0.05) is 60.7 Å². The summed E-state index contributed by atoms with van der Waals surface area (Å²) in [6.45, 7) is 0.193. The molecular formula is C21H17NO6. The number of nitro benzene ring substituents is 1. The highest BCUT2D eigenvalue weighted by Crippen LogP contribution is 2.39. The number of nitro groups is 1. The van der Waals surface area contributed by atoms with Gasteiger partial charge >= 0.3 is 11.7 Å². The molecule has 0 spiro atoms. The zero-order valence-corrected chi connectivity index (χ0v) is 14.8. The van der Waals surface area contributed by atoms with Gasteiger partial charge in [0.1, 0.15) is 13.2 Å². The van der Waals surface area contributed by atoms with Gasteiger partial charge < -0.3 is 14.6 Å². The van der Waals surface area contributed by atoms with E-state index >= 15 is 0 Å². The van der Waals surface area contributed by atoms with Gasteiger partial charge in [-0.25, -0.2) is 4.79 Å². The standard InChI is InChI=1S/C21H17NO6/c23-21(24)17-11-18(22(25)26)20(28-14-16-9-5-2-6-10-16)19(12-17)27-13-15-7-3-1-4-8-15/h1-12H,13-14H2,(H,23,24). The van der Waals surface area contributed by atoms with E-state index in [1.165, 1.54) is 6.07 Å². The normalized spacial score (nSPS) is 10.3. The Morgan fingerprint density at radius 1 is 0.893 bits per heavy atom. The van der Waals surface area contributed by atoms with Crippen LogP contribution in [-0.4, -0.2) is 16.0 Å². The molecule has 142 valence electrons. The van der Waals surface area contributed by atoms with Crippen molar-refractivity contribution in [3.05, 3.63) is 99.6 Å². The van der Waals surface area contributed by atoms with Gasteiger partial charge in [0.25, 0.3) is 0 Å². The summed E-state index contributed by atoms with van der Waals surface area (Å²) in [4.78, 5) is 22.2. The van der Waals surface area contributed by atoms with Gasteiger partial charge in [-0.2, -0.15) is 0 Å². The topological polar surface area (TPSA) is 98.9 Å². The molecule has 0 aliphatic carbocycles. The number of aromatic carboxylic acids is 1. The lowest BCUT2D eigenvalue weighted by Gasteiger charge is -2.14. The minimum absolute atomic E-state index is 0.00591. The van der Waals surface area contributed by atoms with Gasteiger partial charge in [0.15, 0.2) is 5.75 Å². The maximum absolute atomic E-state index is 11.5. The lowest BCUT2D eigenvalue weighted by atomic mass is 10.1. The molecule has 0 atom stereocenters. The van der Waals surface area contributed by atoms with Gasteiger partial charge in [-0.15, -0.1) is 0 Å². The Morgan fingerprint density at radius 2 is 1.43 bits per heavy atom. The minimum Gasteiger partial charge on any atom is -0.485 e. The van der Waals surface area contributed by atoms with Crippen LogP contribution in [0.15, 0.2) is 72.8 Å². The zero-order valence-electron chi connectivity index (χ0n) is 14.8. The molecule has 0 heterocycles. The first-order valence-corrected chi connectivity index (χ1v) is 8.44. The number of benzene rings is 3. The Labute approximate surface area is 160 Å². The van der Waals surface area contributed by atoms with E-state index in [1.807, 2.05) is 60.7 Å². The molecule has 0 saturated heterocycles. The van der Waals surface area contributed by atoms with Crippen LogP contribution in [0.25, 0.3) is 0 Å². The fourth-order valence-electron chi connectivity index (χ4n) is 2.56. The Hall–Kier alpha value is -3.87. The summed E-state index contributed by atoms with van der Waals surface area (Å²) in [7, 11) is 0. The molecule has 3 aromatic rings. The lowest BCUT2D eigenvalue weighted by Crippen LogP contribution is -2.06. The van der Waals surface area contributed by atoms with Gasteiger partial charge in [-0.05, 0) is 17.2 Å². The van der Waals surface area contributed by atoms with Crippen molar-refractivity contribution in [1.29, 1.82) is 0 Å². The van der Waals surface area contributed by atoms with Crippen LogP contribution in [0, 0.1) is 10.1 Å². The Balaban J connectivity index is 1.95. The van der Waals surface area contributed by atoms with Gasteiger partial charge in [0.2, 0.25) is 5.75 Å². The summed E-state index contributed by atoms with van der Waals surface area (Å²) in [5, 5.41) is 20.8. The van der Waals surface area contributed by atoms with Crippen LogP contribution >= 0.6 is 0 Å². The Kier molecular flexibility index (Phi) is 5.86. The molecule has 0 amide bonds. The minimum atomic E-state index is -1.29. The van der Waals surface area contributed by atoms with Crippen molar-refractivity contribution in [3.8, 4) is 11.5 Å². The van der Waals surface area contributed by atoms with Crippen molar-refractivity contribution in [2.75, 3.05) is 0 Å². The van der Waals surface area contributed by atoms with Gasteiger partial charge in [0.05, 0.1) is 10.5 Å². The molecule has 0 fully saturated rings. The van der Waals surface area contributed by atoms with Crippen LogP contribution in [-0.2, 0) is 13.2 Å². The molecule has 1 N–H and O–H groups in total. The molecule has 0 radical (unpaired) electrons. The fourth-order valence-corrected chi connectivity index (χ4v) is 2.56. The van der Waals surface area contributed by atoms with E-state index < -0.39 is 16.6 Å². The Morgan fingerprint density at radius 3 is 1.93 bits per heavy atom. The van der Waals surface area contributed by atoms with Gasteiger partial charge in [0, 0.05) is 6.07 Å². The largest absolute Gasteiger partial charge is 0.485 e. The second-order valence-corrected chi connectivity index (χ2v) is 5.93. The van der Waals surface area contributed by atoms with Crippen molar-refractivity contribution >= 4 is 11.7 Å². The molecule has 0 bridgehead atoms. The Bertz CT molecular complexity index is 973. The van der Waals surface area contributed by atoms with Crippen LogP contribution in [0.1, 0.15) is 21.5 Å². The molecule has 3 aromatic carbocycles. The monoisotopic (exact) mass is 379 g/mol. The summed E-state index contributed by atoms with van der Waals surface area (Å²) < 4.78 is 11.4. The highest BCUT2D eigenvalue weighted by atomic mass is 16.6. The van der Waals surface area contributed by atoms with Crippen molar-refractivity contribution < 1.29 is 24.3 Å². The molecule has 0 aliphatic heterocycles. The van der Waals surface area contributed by atoms with Crippen LogP contribution in [0.4, 0.5) is 5.69 Å². The maximum atomic E-state index is 11.5. The molecule has 3 rings (SSSR count). The highest BCUT2D eigenvalue weighted by molar-refractivity contribution is 5.90. The molecule has 0 aromatic heterocycles. The first-order chi connectivity index (χ1) is 13.5. The van der Waals surface area contributed by atoms with Crippen molar-refractivity contribution in [2.45, 2.75) is 13.2 Å². The molecule has 7 nitrogen and oxygen atoms in total. The predicted octanol–water partition coefficient (Wildman–Crippen LogP) is 4.45. The van der Waals surface area contributed by atoms with Crippen LogP contribution < -0.4 is 9.47 Å². The van der Waals surface area contributed by atoms with Crippen LogP contribution in [0.2, 0.25) is 0 Å². The first-order valence-electron chi connectivity index (χ1n) is 8.44. The van der Waals surface area contributed by atoms with Crippen molar-refractivity contribution in [3.63, 3.8) is 0 Å². The molecule has 0 unspecified atom stereocenters. The summed E-state index contributed by atoms with van der Waals surface area (Å²) in [6, 6.07) is 20.5. The van der Waals surface area contributed by atoms with Crippen LogP contribution in [0.5, 0.6) is 11.5 Å². The first kappa shape index (κ1) is 18.9. The van der Waals surface area contributed by atoms with E-state index in [9.17, 15) is 20.0 Å². The van der Waals surface area contributed by atoms with E-state index in [-0.39, 0.29) is 30.3 Å². The third kappa shape index (κ3) is 4.64. The highest BCUT2D eigenvalue weighted by Gasteiger charge is 2.25. The number of hydrogen-bond donors (Lipinski definition) is 1. The third-order valence-electron chi connectivity index (χ3n) is 3.94. The van der Waals surface area contributed by atoms with E-state index in [1.54, 1.807) is 0 Å². The van der Waals surface area contributed by atoms with E-state index in [0.717, 1.165) is 17.2 Å². The molecule has 0 saturated carbocycles. The summed E-state index contributed by atoms with van der Waals surface area (Å²) in [6.07, 6.45) is 0. The smallest absolute Gasteiger partial charge is 0.336 e. The number of rotatable bonds is 8. The quantitative estimate of drug-likeness (QED) is 0.458. The average Bonchev–Trinajstić information content (AvgIpc) is 2.71. The predicted molar refractivity (Wildman–Crippen MR) is 102 cm³/mol. The van der Waals surface area contributed by atoms with E-state index in [2.05, 4.69) is 0 Å². The number of ether oxygens (including phenoxy) is 2. The fraction of sp³-hybridized carbons (Fsp3) is 0.0952. The number of nitrogens with zero attached hydrogens (tertiary/aromatic N) is 1. The maximum Gasteiger partial charge on any atom is 0.336 e. The summed E-state index contributed by atoms with van der Waals surface area (Å²) in [5.41, 5.74) is 0.939. The van der Waals surface area contributed by atoms with Crippen molar-refractivity contribution in [1.82, 2.24) is 0 Å². The number of hydrogen-bond acceptors (Lipinski definition) is 5. The summed E-state index contributed by atoms with van der Waals surface area (Å²) >= 11 is 0.